The molecular weight excluding hydrogens is 142 g/mol. The van der Waals surface area contributed by atoms with Gasteiger partial charge in [0.1, 0.15) is 0 Å². The molecule has 62 valence electrons. The lowest BCUT2D eigenvalue weighted by Crippen LogP contribution is -1.95. The second-order valence-corrected chi connectivity index (χ2v) is 2.55. The summed E-state index contributed by atoms with van der Waals surface area (Å²) < 4.78 is 5.24. The summed E-state index contributed by atoms with van der Waals surface area (Å²) in [4.78, 5) is 0. The second-order valence-electron chi connectivity index (χ2n) is 2.55. The first kappa shape index (κ1) is 8.20. The molecule has 1 unspecified atom stereocenters. The van der Waals surface area contributed by atoms with E-state index < -0.39 is 0 Å². The lowest BCUT2D eigenvalue weighted by molar-refractivity contribution is 0.421. The van der Waals surface area contributed by atoms with Crippen molar-refractivity contribution < 1.29 is 4.42 Å². The van der Waals surface area contributed by atoms with Crippen molar-refractivity contribution in [2.45, 2.75) is 32.7 Å². The first-order valence-corrected chi connectivity index (χ1v) is 3.80. The monoisotopic (exact) mass is 155 g/mol. The van der Waals surface area contributed by atoms with Gasteiger partial charge in [-0.2, -0.15) is 0 Å². The molecular formula is C7H13N3O. The molecule has 0 saturated carbocycles. The minimum Gasteiger partial charge on any atom is -0.424 e. The molecule has 4 nitrogen and oxygen atoms in total. The van der Waals surface area contributed by atoms with E-state index in [9.17, 15) is 0 Å². The van der Waals surface area contributed by atoms with Crippen LogP contribution in [0, 0.1) is 0 Å². The van der Waals surface area contributed by atoms with Gasteiger partial charge in [-0.15, -0.1) is 10.2 Å². The van der Waals surface area contributed by atoms with E-state index in [1.165, 1.54) is 0 Å². The highest BCUT2D eigenvalue weighted by molar-refractivity contribution is 4.87. The highest BCUT2D eigenvalue weighted by Crippen LogP contribution is 2.15. The number of aromatic nitrogens is 2. The summed E-state index contributed by atoms with van der Waals surface area (Å²) in [5.41, 5.74) is 5.31. The van der Waals surface area contributed by atoms with Crippen molar-refractivity contribution in [2.24, 2.45) is 5.73 Å². The molecule has 0 amide bonds. The largest absolute Gasteiger partial charge is 0.424 e. The Labute approximate surface area is 65.8 Å². The third kappa shape index (κ3) is 1.77. The van der Waals surface area contributed by atoms with Gasteiger partial charge in [-0.3, -0.25) is 0 Å². The molecule has 0 aliphatic rings. The smallest absolute Gasteiger partial charge is 0.230 e. The number of nitrogens with zero attached hydrogens (tertiary/aromatic N) is 2. The Bertz CT molecular complexity index is 221. The molecule has 1 heterocycles. The van der Waals surface area contributed by atoms with Crippen molar-refractivity contribution >= 4 is 0 Å². The molecule has 4 heteroatoms. The summed E-state index contributed by atoms with van der Waals surface area (Å²) >= 11 is 0. The fraction of sp³-hybridized carbons (Fsp3) is 0.714. The van der Waals surface area contributed by atoms with Crippen molar-refractivity contribution in [3.05, 3.63) is 11.8 Å². The molecule has 1 atom stereocenters. The average molecular weight is 155 g/mol. The predicted molar refractivity (Wildman–Crippen MR) is 40.9 cm³/mol. The molecule has 2 N–H and O–H groups in total. The standard InChI is InChI=1S/C7H13N3O/c1-3-5(2)7-10-9-6(4-8)11-7/h5H,3-4,8H2,1-2H3. The van der Waals surface area contributed by atoms with E-state index in [4.69, 9.17) is 10.2 Å². The summed E-state index contributed by atoms with van der Waals surface area (Å²) in [6.07, 6.45) is 1.01. The Morgan fingerprint density at radius 1 is 1.55 bits per heavy atom. The Balaban J connectivity index is 2.71. The van der Waals surface area contributed by atoms with Crippen molar-refractivity contribution in [3.8, 4) is 0 Å². The maximum Gasteiger partial charge on any atom is 0.230 e. The van der Waals surface area contributed by atoms with Gasteiger partial charge in [0.05, 0.1) is 6.54 Å². The molecule has 0 aliphatic heterocycles. The fourth-order valence-electron chi connectivity index (χ4n) is 0.723. The minimum absolute atomic E-state index is 0.323. The summed E-state index contributed by atoms with van der Waals surface area (Å²) in [6.45, 7) is 4.45. The van der Waals surface area contributed by atoms with Crippen LogP contribution in [0.3, 0.4) is 0 Å². The molecule has 0 aromatic carbocycles. The molecule has 0 radical (unpaired) electrons. The zero-order chi connectivity index (χ0) is 8.27. The van der Waals surface area contributed by atoms with Crippen LogP contribution in [0.25, 0.3) is 0 Å². The molecule has 1 aromatic heterocycles. The van der Waals surface area contributed by atoms with Crippen molar-refractivity contribution in [2.75, 3.05) is 0 Å². The molecule has 0 aliphatic carbocycles. The van der Waals surface area contributed by atoms with Gasteiger partial charge in [-0.25, -0.2) is 0 Å². The molecule has 1 aromatic rings. The second kappa shape index (κ2) is 3.48. The Kier molecular flexibility index (Phi) is 2.59. The Hall–Kier alpha value is -0.900. The quantitative estimate of drug-likeness (QED) is 0.708. The number of hydrogen-bond donors (Lipinski definition) is 1. The lowest BCUT2D eigenvalue weighted by atomic mass is 10.1. The van der Waals surface area contributed by atoms with E-state index in [2.05, 4.69) is 17.1 Å². The maximum atomic E-state index is 5.31. The van der Waals surface area contributed by atoms with Crippen LogP contribution < -0.4 is 5.73 Å². The van der Waals surface area contributed by atoms with Crippen LogP contribution in [0.2, 0.25) is 0 Å². The van der Waals surface area contributed by atoms with Crippen LogP contribution in [0.15, 0.2) is 4.42 Å². The van der Waals surface area contributed by atoms with E-state index in [-0.39, 0.29) is 0 Å². The first-order valence-electron chi connectivity index (χ1n) is 3.80. The minimum atomic E-state index is 0.323. The molecule has 1 rings (SSSR count). The van der Waals surface area contributed by atoms with Crippen LogP contribution in [-0.2, 0) is 6.54 Å². The van der Waals surface area contributed by atoms with Gasteiger partial charge < -0.3 is 10.2 Å². The molecule has 0 saturated heterocycles. The normalized spacial score (nSPS) is 13.4. The van der Waals surface area contributed by atoms with Gasteiger partial charge in [0.2, 0.25) is 11.8 Å². The number of hydrogen-bond acceptors (Lipinski definition) is 4. The van der Waals surface area contributed by atoms with Crippen LogP contribution in [0.4, 0.5) is 0 Å². The topological polar surface area (TPSA) is 64.9 Å². The van der Waals surface area contributed by atoms with Gasteiger partial charge in [-0.05, 0) is 6.42 Å². The van der Waals surface area contributed by atoms with Crippen molar-refractivity contribution in [3.63, 3.8) is 0 Å². The van der Waals surface area contributed by atoms with Crippen LogP contribution in [-0.4, -0.2) is 10.2 Å². The van der Waals surface area contributed by atoms with E-state index in [0.29, 0.717) is 24.2 Å². The highest BCUT2D eigenvalue weighted by Gasteiger charge is 2.10. The van der Waals surface area contributed by atoms with Gasteiger partial charge in [-0.1, -0.05) is 13.8 Å². The summed E-state index contributed by atoms with van der Waals surface area (Å²) in [5.74, 6) is 1.54. The van der Waals surface area contributed by atoms with Crippen LogP contribution in [0.1, 0.15) is 38.0 Å². The number of rotatable bonds is 3. The zero-order valence-electron chi connectivity index (χ0n) is 6.87. The van der Waals surface area contributed by atoms with Gasteiger partial charge in [0.25, 0.3) is 0 Å². The van der Waals surface area contributed by atoms with E-state index in [0.717, 1.165) is 6.42 Å². The van der Waals surface area contributed by atoms with Crippen molar-refractivity contribution in [1.29, 1.82) is 0 Å². The van der Waals surface area contributed by atoms with E-state index in [1.807, 2.05) is 6.92 Å². The Morgan fingerprint density at radius 2 is 2.27 bits per heavy atom. The van der Waals surface area contributed by atoms with Crippen molar-refractivity contribution in [1.82, 2.24) is 10.2 Å². The Morgan fingerprint density at radius 3 is 2.73 bits per heavy atom. The average Bonchev–Trinajstić information content (AvgIpc) is 2.50. The summed E-state index contributed by atoms with van der Waals surface area (Å²) in [5, 5.41) is 7.62. The highest BCUT2D eigenvalue weighted by atomic mass is 16.4. The molecule has 0 fully saturated rings. The number of nitrogens with two attached hydrogens (primary N) is 1. The fourth-order valence-corrected chi connectivity index (χ4v) is 0.723. The van der Waals surface area contributed by atoms with Crippen LogP contribution in [0.5, 0.6) is 0 Å². The SMILES string of the molecule is CCC(C)c1nnc(CN)o1. The molecule has 0 spiro atoms. The predicted octanol–water partition coefficient (Wildman–Crippen LogP) is 1.04. The molecule has 0 bridgehead atoms. The summed E-state index contributed by atoms with van der Waals surface area (Å²) in [6, 6.07) is 0. The lowest BCUT2D eigenvalue weighted by Gasteiger charge is -1.98. The zero-order valence-corrected chi connectivity index (χ0v) is 6.87. The van der Waals surface area contributed by atoms with Gasteiger partial charge >= 0.3 is 0 Å². The third-order valence-electron chi connectivity index (χ3n) is 1.69. The van der Waals surface area contributed by atoms with Gasteiger partial charge in [0, 0.05) is 5.92 Å². The molecule has 11 heavy (non-hydrogen) atoms. The van der Waals surface area contributed by atoms with Crippen LogP contribution >= 0.6 is 0 Å². The van der Waals surface area contributed by atoms with E-state index in [1.54, 1.807) is 0 Å². The summed E-state index contributed by atoms with van der Waals surface area (Å²) in [7, 11) is 0. The van der Waals surface area contributed by atoms with Gasteiger partial charge in [0.15, 0.2) is 0 Å². The first-order chi connectivity index (χ1) is 5.27. The maximum absolute atomic E-state index is 5.31. The third-order valence-corrected chi connectivity index (χ3v) is 1.69. The van der Waals surface area contributed by atoms with E-state index >= 15 is 0 Å².